The predicted molar refractivity (Wildman–Crippen MR) is 134 cm³/mol. The Hall–Kier alpha value is -2.92. The van der Waals surface area contributed by atoms with Crippen LogP contribution < -0.4 is 9.88 Å². The minimum atomic E-state index is -0.00750. The number of benzene rings is 3. The number of fused-ring (bicyclic) bond motifs is 1. The Balaban J connectivity index is 1.84. The third-order valence-corrected chi connectivity index (χ3v) is 5.91. The highest BCUT2D eigenvalue weighted by molar-refractivity contribution is 7.81. The van der Waals surface area contributed by atoms with E-state index in [0.29, 0.717) is 26.3 Å². The van der Waals surface area contributed by atoms with E-state index in [9.17, 15) is 5.11 Å². The number of pyridine rings is 1. The number of nitrogens with zero attached hydrogens (tertiary/aromatic N) is 1. The van der Waals surface area contributed by atoms with Gasteiger partial charge < -0.3 is 10.4 Å². The van der Waals surface area contributed by atoms with Crippen LogP contribution in [0.5, 0.6) is 0 Å². The van der Waals surface area contributed by atoms with E-state index in [1.807, 2.05) is 73.9 Å². The molecule has 1 heterocycles. The predicted octanol–water partition coefficient (Wildman–Crippen LogP) is 7.07. The van der Waals surface area contributed by atoms with E-state index < -0.39 is 0 Å². The summed E-state index contributed by atoms with van der Waals surface area (Å²) in [6.07, 6.45) is 3.74. The molecule has 4 aromatic rings. The minimum Gasteiger partial charge on any atom is -0.502 e. The van der Waals surface area contributed by atoms with Gasteiger partial charge in [0.05, 0.1) is 10.0 Å². The number of anilines is 1. The topological polar surface area (TPSA) is 36.1 Å². The number of hydrogen-bond acceptors (Lipinski definition) is 2. The molecule has 0 unspecified atom stereocenters. The third-order valence-electron chi connectivity index (χ3n) is 4.88. The van der Waals surface area contributed by atoms with Gasteiger partial charge in [0.2, 0.25) is 0 Å². The Bertz CT molecular complexity index is 1330. The van der Waals surface area contributed by atoms with Crippen molar-refractivity contribution >= 4 is 68.3 Å². The molecule has 0 spiro atoms. The first-order chi connectivity index (χ1) is 14.9. The molecule has 0 aliphatic heterocycles. The molecule has 2 N–H and O–H groups in total. The zero-order chi connectivity index (χ0) is 22.0. The summed E-state index contributed by atoms with van der Waals surface area (Å²) in [6.45, 7) is 1.98. The average Bonchev–Trinajstić information content (AvgIpc) is 2.76. The minimum absolute atomic E-state index is 0.00750. The SMILES string of the molecule is Cc1ccc[n+](/C(C(=S)Nc2cccc3ccccc23)=C(/O)c2ccc(Cl)c(Cl)c2)c1. The lowest BCUT2D eigenvalue weighted by Gasteiger charge is -2.12. The van der Waals surface area contributed by atoms with E-state index in [1.54, 1.807) is 22.8 Å². The Labute approximate surface area is 196 Å². The number of hydrogen-bond donors (Lipinski definition) is 2. The van der Waals surface area contributed by atoms with Crippen molar-refractivity contribution in [1.82, 2.24) is 0 Å². The van der Waals surface area contributed by atoms with Crippen molar-refractivity contribution in [2.75, 3.05) is 5.32 Å². The van der Waals surface area contributed by atoms with Gasteiger partial charge in [-0.3, -0.25) is 0 Å². The van der Waals surface area contributed by atoms with Gasteiger partial charge in [-0.05, 0) is 42.6 Å². The summed E-state index contributed by atoms with van der Waals surface area (Å²) in [5, 5.41) is 17.4. The molecule has 0 aliphatic carbocycles. The molecule has 3 aromatic carbocycles. The van der Waals surface area contributed by atoms with Gasteiger partial charge in [0, 0.05) is 28.3 Å². The maximum atomic E-state index is 11.2. The first-order valence-electron chi connectivity index (χ1n) is 9.60. The van der Waals surface area contributed by atoms with Crippen LogP contribution in [0, 0.1) is 6.92 Å². The molecule has 0 aliphatic rings. The highest BCUT2D eigenvalue weighted by Crippen LogP contribution is 2.28. The number of rotatable bonds is 4. The molecular weight excluding hydrogens is 447 g/mol. The summed E-state index contributed by atoms with van der Waals surface area (Å²) >= 11 is 18.0. The second-order valence-electron chi connectivity index (χ2n) is 7.10. The summed E-state index contributed by atoms with van der Waals surface area (Å²) in [5.74, 6) is -0.00750. The fourth-order valence-corrected chi connectivity index (χ4v) is 3.99. The molecule has 4 rings (SSSR count). The number of aromatic nitrogens is 1. The number of aryl methyl sites for hydroxylation is 1. The quantitative estimate of drug-likeness (QED) is 0.146. The lowest BCUT2D eigenvalue weighted by atomic mass is 10.1. The standard InChI is InChI=1S/C25H18Cl2N2OS/c1-16-6-5-13-29(15-16)23(24(30)18-11-12-20(26)21(27)14-18)25(31)28-22-10-4-8-17-7-2-3-9-19(17)22/h2-15H,1H3,(H-,28,30,31)/p+1. The van der Waals surface area contributed by atoms with Crippen LogP contribution in [-0.4, -0.2) is 10.1 Å². The number of thiocarbonyl (C=S) groups is 1. The van der Waals surface area contributed by atoms with Crippen LogP contribution in [-0.2, 0) is 0 Å². The lowest BCUT2D eigenvalue weighted by Crippen LogP contribution is -2.38. The zero-order valence-electron chi connectivity index (χ0n) is 16.6. The van der Waals surface area contributed by atoms with Crippen LogP contribution >= 0.6 is 35.4 Å². The van der Waals surface area contributed by atoms with Gasteiger partial charge in [0.1, 0.15) is 0 Å². The van der Waals surface area contributed by atoms with E-state index in [4.69, 9.17) is 35.4 Å². The van der Waals surface area contributed by atoms with Crippen molar-refractivity contribution in [2.45, 2.75) is 6.92 Å². The molecule has 0 saturated carbocycles. The highest BCUT2D eigenvalue weighted by atomic mass is 35.5. The summed E-state index contributed by atoms with van der Waals surface area (Å²) < 4.78 is 1.80. The van der Waals surface area contributed by atoms with Crippen LogP contribution in [0.4, 0.5) is 5.69 Å². The number of nitrogens with one attached hydrogen (secondary N) is 1. The normalized spacial score (nSPS) is 11.8. The molecule has 0 amide bonds. The van der Waals surface area contributed by atoms with Crippen LogP contribution in [0.3, 0.4) is 0 Å². The monoisotopic (exact) mass is 465 g/mol. The van der Waals surface area contributed by atoms with Gasteiger partial charge in [0.15, 0.2) is 23.1 Å². The molecule has 154 valence electrons. The maximum Gasteiger partial charge on any atom is 0.288 e. The largest absolute Gasteiger partial charge is 0.502 e. The van der Waals surface area contributed by atoms with Crippen molar-refractivity contribution < 1.29 is 9.67 Å². The van der Waals surface area contributed by atoms with E-state index in [2.05, 4.69) is 5.32 Å². The smallest absolute Gasteiger partial charge is 0.288 e. The van der Waals surface area contributed by atoms with E-state index in [0.717, 1.165) is 22.0 Å². The fraction of sp³-hybridized carbons (Fsp3) is 0.0400. The molecule has 0 bridgehead atoms. The Morgan fingerprint density at radius 3 is 2.48 bits per heavy atom. The number of aliphatic hydroxyl groups is 1. The summed E-state index contributed by atoms with van der Waals surface area (Å²) in [7, 11) is 0. The van der Waals surface area contributed by atoms with E-state index in [-0.39, 0.29) is 5.76 Å². The molecule has 6 heteroatoms. The van der Waals surface area contributed by atoms with E-state index in [1.165, 1.54) is 0 Å². The van der Waals surface area contributed by atoms with E-state index >= 15 is 0 Å². The molecule has 3 nitrogen and oxygen atoms in total. The van der Waals surface area contributed by atoms with Gasteiger partial charge >= 0.3 is 0 Å². The van der Waals surface area contributed by atoms with Crippen LogP contribution in [0.25, 0.3) is 22.2 Å². The molecule has 0 atom stereocenters. The molecule has 31 heavy (non-hydrogen) atoms. The van der Waals surface area contributed by atoms with Gasteiger partial charge in [-0.25, -0.2) is 0 Å². The first-order valence-corrected chi connectivity index (χ1v) is 10.8. The number of halogens is 2. The third kappa shape index (κ3) is 4.57. The highest BCUT2D eigenvalue weighted by Gasteiger charge is 2.25. The van der Waals surface area contributed by atoms with Crippen molar-refractivity contribution in [3.05, 3.63) is 106 Å². The van der Waals surface area contributed by atoms with Gasteiger partial charge in [-0.2, -0.15) is 4.57 Å². The Morgan fingerprint density at radius 1 is 0.935 bits per heavy atom. The second kappa shape index (κ2) is 9.06. The maximum absolute atomic E-state index is 11.2. The van der Waals surface area contributed by atoms with Crippen molar-refractivity contribution in [3.8, 4) is 0 Å². The molecular formula is C25H19Cl2N2OS+. The molecule has 1 aromatic heterocycles. The fourth-order valence-electron chi connectivity index (χ4n) is 3.38. The lowest BCUT2D eigenvalue weighted by molar-refractivity contribution is -0.576. The molecule has 0 fully saturated rings. The Morgan fingerprint density at radius 2 is 1.71 bits per heavy atom. The molecule has 0 radical (unpaired) electrons. The summed E-state index contributed by atoms with van der Waals surface area (Å²) in [5.41, 5.74) is 2.83. The van der Waals surface area contributed by atoms with Crippen LogP contribution in [0.1, 0.15) is 11.1 Å². The van der Waals surface area contributed by atoms with Crippen molar-refractivity contribution in [2.24, 2.45) is 0 Å². The summed E-state index contributed by atoms with van der Waals surface area (Å²) in [4.78, 5) is 0.371. The molecule has 0 saturated heterocycles. The van der Waals surface area contributed by atoms with Gasteiger partial charge in [0.25, 0.3) is 5.70 Å². The van der Waals surface area contributed by atoms with Crippen LogP contribution in [0.2, 0.25) is 10.0 Å². The van der Waals surface area contributed by atoms with Crippen LogP contribution in [0.15, 0.2) is 85.2 Å². The van der Waals surface area contributed by atoms with Gasteiger partial charge in [-0.1, -0.05) is 71.8 Å². The summed E-state index contributed by atoms with van der Waals surface area (Å²) in [6, 6.07) is 22.9. The van der Waals surface area contributed by atoms with Crippen molar-refractivity contribution in [3.63, 3.8) is 0 Å². The van der Waals surface area contributed by atoms with Crippen molar-refractivity contribution in [1.29, 1.82) is 0 Å². The zero-order valence-corrected chi connectivity index (χ0v) is 19.0. The number of aliphatic hydroxyl groups excluding tert-OH is 1. The first kappa shape index (κ1) is 21.3. The second-order valence-corrected chi connectivity index (χ2v) is 8.32. The van der Waals surface area contributed by atoms with Gasteiger partial charge in [-0.15, -0.1) is 0 Å². The average molecular weight is 466 g/mol. The Kier molecular flexibility index (Phi) is 6.23.